The van der Waals surface area contributed by atoms with Crippen LogP contribution in [0.15, 0.2) is 77.5 Å². The predicted molar refractivity (Wildman–Crippen MR) is 101 cm³/mol. The van der Waals surface area contributed by atoms with Gasteiger partial charge in [-0.15, -0.1) is 0 Å². The number of rotatable bonds is 4. The van der Waals surface area contributed by atoms with Gasteiger partial charge >= 0.3 is 0 Å². The Labute approximate surface area is 150 Å². The van der Waals surface area contributed by atoms with Crippen molar-refractivity contribution in [3.05, 3.63) is 78.6 Å². The standard InChI is InChI=1S/C21H17N3O2/c1-14(15-6-3-2-4-7-15)20(25)23-17-8-5-9-18-19(17)26-21(24-18)16-10-12-22-13-11-16/h2-14H,1H3,(H,23,25). The molecule has 0 aliphatic heterocycles. The van der Waals surface area contributed by atoms with Gasteiger partial charge in [0.1, 0.15) is 5.52 Å². The van der Waals surface area contributed by atoms with Gasteiger partial charge in [0.2, 0.25) is 11.8 Å². The fraction of sp³-hybridized carbons (Fsp3) is 0.0952. The van der Waals surface area contributed by atoms with E-state index in [0.29, 0.717) is 22.7 Å². The lowest BCUT2D eigenvalue weighted by Gasteiger charge is -2.12. The van der Waals surface area contributed by atoms with Gasteiger partial charge in [-0.2, -0.15) is 0 Å². The van der Waals surface area contributed by atoms with Crippen LogP contribution in [0.25, 0.3) is 22.6 Å². The van der Waals surface area contributed by atoms with Crippen LogP contribution in [0.4, 0.5) is 5.69 Å². The van der Waals surface area contributed by atoms with Crippen molar-refractivity contribution >= 4 is 22.7 Å². The fourth-order valence-electron chi connectivity index (χ4n) is 2.80. The van der Waals surface area contributed by atoms with E-state index in [1.807, 2.05) is 67.6 Å². The number of anilines is 1. The topological polar surface area (TPSA) is 68.0 Å². The summed E-state index contributed by atoms with van der Waals surface area (Å²) in [7, 11) is 0. The van der Waals surface area contributed by atoms with Crippen molar-refractivity contribution in [1.29, 1.82) is 0 Å². The highest BCUT2D eigenvalue weighted by Crippen LogP contribution is 2.29. The second kappa shape index (κ2) is 6.80. The minimum atomic E-state index is -0.269. The summed E-state index contributed by atoms with van der Waals surface area (Å²) in [6.45, 7) is 1.88. The Morgan fingerprint density at radius 3 is 2.54 bits per heavy atom. The minimum absolute atomic E-state index is 0.0921. The van der Waals surface area contributed by atoms with Crippen LogP contribution >= 0.6 is 0 Å². The number of amides is 1. The molecule has 128 valence electrons. The highest BCUT2D eigenvalue weighted by Gasteiger charge is 2.18. The first-order valence-corrected chi connectivity index (χ1v) is 8.38. The van der Waals surface area contributed by atoms with Crippen LogP contribution < -0.4 is 5.32 Å². The maximum atomic E-state index is 12.7. The summed E-state index contributed by atoms with van der Waals surface area (Å²) < 4.78 is 5.92. The van der Waals surface area contributed by atoms with Crippen LogP contribution in [0.2, 0.25) is 0 Å². The second-order valence-electron chi connectivity index (χ2n) is 6.03. The lowest BCUT2D eigenvalue weighted by molar-refractivity contribution is -0.117. The molecule has 1 amide bonds. The summed E-state index contributed by atoms with van der Waals surface area (Å²) in [6.07, 6.45) is 3.38. The van der Waals surface area contributed by atoms with Crippen molar-refractivity contribution in [3.8, 4) is 11.5 Å². The van der Waals surface area contributed by atoms with E-state index in [9.17, 15) is 4.79 Å². The molecule has 0 spiro atoms. The number of benzene rings is 2. The van der Waals surface area contributed by atoms with Crippen molar-refractivity contribution in [1.82, 2.24) is 9.97 Å². The summed E-state index contributed by atoms with van der Waals surface area (Å²) in [4.78, 5) is 21.2. The molecule has 2 heterocycles. The molecule has 0 saturated carbocycles. The maximum Gasteiger partial charge on any atom is 0.231 e. The average molecular weight is 343 g/mol. The molecule has 2 aromatic carbocycles. The molecule has 0 bridgehead atoms. The maximum absolute atomic E-state index is 12.7. The molecule has 5 heteroatoms. The summed E-state index contributed by atoms with van der Waals surface area (Å²) in [5.74, 6) is 0.139. The number of oxazole rings is 1. The molecule has 4 rings (SSSR count). The predicted octanol–water partition coefficient (Wildman–Crippen LogP) is 4.63. The smallest absolute Gasteiger partial charge is 0.231 e. The second-order valence-corrected chi connectivity index (χ2v) is 6.03. The number of nitrogens with zero attached hydrogens (tertiary/aromatic N) is 2. The van der Waals surface area contributed by atoms with Gasteiger partial charge in [-0.1, -0.05) is 36.4 Å². The van der Waals surface area contributed by atoms with Gasteiger partial charge in [0, 0.05) is 18.0 Å². The highest BCUT2D eigenvalue weighted by molar-refractivity contribution is 6.01. The number of nitrogens with one attached hydrogen (secondary N) is 1. The number of aromatic nitrogens is 2. The lowest BCUT2D eigenvalue weighted by Crippen LogP contribution is -2.18. The van der Waals surface area contributed by atoms with Crippen molar-refractivity contribution in [3.63, 3.8) is 0 Å². The van der Waals surface area contributed by atoms with Gasteiger partial charge in [-0.3, -0.25) is 9.78 Å². The molecule has 1 N–H and O–H groups in total. The summed E-state index contributed by atoms with van der Waals surface area (Å²) in [5.41, 5.74) is 3.68. The summed E-state index contributed by atoms with van der Waals surface area (Å²) >= 11 is 0. The van der Waals surface area contributed by atoms with Gasteiger partial charge in [0.15, 0.2) is 5.58 Å². The number of carbonyl (C=O) groups is 1. The van der Waals surface area contributed by atoms with Crippen LogP contribution in [0, 0.1) is 0 Å². The van der Waals surface area contributed by atoms with Crippen LogP contribution in [-0.2, 0) is 4.79 Å². The number of pyridine rings is 1. The van der Waals surface area contributed by atoms with Gasteiger partial charge in [-0.25, -0.2) is 4.98 Å². The van der Waals surface area contributed by atoms with E-state index in [1.54, 1.807) is 12.4 Å². The zero-order valence-electron chi connectivity index (χ0n) is 14.2. The highest BCUT2D eigenvalue weighted by atomic mass is 16.3. The third kappa shape index (κ3) is 3.07. The monoisotopic (exact) mass is 343 g/mol. The van der Waals surface area contributed by atoms with E-state index >= 15 is 0 Å². The van der Waals surface area contributed by atoms with Crippen molar-refractivity contribution in [2.75, 3.05) is 5.32 Å². The Morgan fingerprint density at radius 2 is 1.77 bits per heavy atom. The quantitative estimate of drug-likeness (QED) is 0.586. The van der Waals surface area contributed by atoms with Gasteiger partial charge < -0.3 is 9.73 Å². The fourth-order valence-corrected chi connectivity index (χ4v) is 2.80. The van der Waals surface area contributed by atoms with Crippen molar-refractivity contribution in [2.45, 2.75) is 12.8 Å². The van der Waals surface area contributed by atoms with E-state index in [1.165, 1.54) is 0 Å². The van der Waals surface area contributed by atoms with E-state index < -0.39 is 0 Å². The average Bonchev–Trinajstić information content (AvgIpc) is 3.14. The molecule has 4 aromatic rings. The Balaban J connectivity index is 1.64. The molecule has 1 atom stereocenters. The molecule has 2 aromatic heterocycles. The van der Waals surface area contributed by atoms with Gasteiger partial charge in [-0.05, 0) is 36.8 Å². The van der Waals surface area contributed by atoms with E-state index in [0.717, 1.165) is 11.1 Å². The number of carbonyl (C=O) groups excluding carboxylic acids is 1. The van der Waals surface area contributed by atoms with Crippen molar-refractivity contribution < 1.29 is 9.21 Å². The number of hydrogen-bond acceptors (Lipinski definition) is 4. The molecule has 0 aliphatic carbocycles. The molecular formula is C21H17N3O2. The Morgan fingerprint density at radius 1 is 1.00 bits per heavy atom. The van der Waals surface area contributed by atoms with Gasteiger partial charge in [0.05, 0.1) is 11.6 Å². The van der Waals surface area contributed by atoms with Crippen LogP contribution in [0.3, 0.4) is 0 Å². The Hall–Kier alpha value is -3.47. The van der Waals surface area contributed by atoms with E-state index in [2.05, 4.69) is 15.3 Å². The normalized spacial score (nSPS) is 12.0. The first kappa shape index (κ1) is 16.0. The third-order valence-electron chi connectivity index (χ3n) is 4.29. The molecule has 1 unspecified atom stereocenters. The SMILES string of the molecule is CC(C(=O)Nc1cccc2nc(-c3ccncc3)oc12)c1ccccc1. The van der Waals surface area contributed by atoms with E-state index in [4.69, 9.17) is 4.42 Å². The number of hydrogen-bond donors (Lipinski definition) is 1. The lowest BCUT2D eigenvalue weighted by atomic mass is 10.0. The molecular weight excluding hydrogens is 326 g/mol. The summed E-state index contributed by atoms with van der Waals surface area (Å²) in [5, 5.41) is 2.96. The molecule has 0 fully saturated rings. The van der Waals surface area contributed by atoms with Crippen molar-refractivity contribution in [2.24, 2.45) is 0 Å². The first-order valence-electron chi connectivity index (χ1n) is 8.38. The number of para-hydroxylation sites is 1. The zero-order valence-corrected chi connectivity index (χ0v) is 14.2. The molecule has 0 saturated heterocycles. The zero-order chi connectivity index (χ0) is 17.9. The summed E-state index contributed by atoms with van der Waals surface area (Å²) in [6, 6.07) is 18.9. The third-order valence-corrected chi connectivity index (χ3v) is 4.29. The molecule has 5 nitrogen and oxygen atoms in total. The van der Waals surface area contributed by atoms with Gasteiger partial charge in [0.25, 0.3) is 0 Å². The first-order chi connectivity index (χ1) is 12.7. The number of fused-ring (bicyclic) bond motifs is 1. The Bertz CT molecular complexity index is 1040. The van der Waals surface area contributed by atoms with Crippen LogP contribution in [0.5, 0.6) is 0 Å². The minimum Gasteiger partial charge on any atom is -0.434 e. The van der Waals surface area contributed by atoms with E-state index in [-0.39, 0.29) is 11.8 Å². The van der Waals surface area contributed by atoms with Crippen LogP contribution in [0.1, 0.15) is 18.4 Å². The molecule has 0 radical (unpaired) electrons. The van der Waals surface area contributed by atoms with Crippen LogP contribution in [-0.4, -0.2) is 15.9 Å². The molecule has 0 aliphatic rings. The Kier molecular flexibility index (Phi) is 4.19. The molecule has 26 heavy (non-hydrogen) atoms. The largest absolute Gasteiger partial charge is 0.434 e.